The number of nitro benzene ring substituents is 1. The molecule has 0 bridgehead atoms. The first-order valence-corrected chi connectivity index (χ1v) is 6.63. The van der Waals surface area contributed by atoms with Crippen LogP contribution in [0, 0.1) is 15.9 Å². The molecule has 0 heterocycles. The molecule has 9 heteroatoms. The zero-order chi connectivity index (χ0) is 17.0. The highest BCUT2D eigenvalue weighted by atomic mass is 32.1. The van der Waals surface area contributed by atoms with Crippen LogP contribution in [0.25, 0.3) is 0 Å². The van der Waals surface area contributed by atoms with Crippen LogP contribution in [0.1, 0.15) is 10.4 Å². The third kappa shape index (κ3) is 3.98. The summed E-state index contributed by atoms with van der Waals surface area (Å²) in [6, 6.07) is 8.68. The average Bonchev–Trinajstić information content (AvgIpc) is 2.49. The van der Waals surface area contributed by atoms with Crippen molar-refractivity contribution < 1.29 is 19.2 Å². The number of non-ortho nitro benzene ring substituents is 1. The number of carbonyl (C=O) groups is 1. The van der Waals surface area contributed by atoms with E-state index in [0.717, 1.165) is 18.2 Å². The summed E-state index contributed by atoms with van der Waals surface area (Å²) in [6.07, 6.45) is 0. The predicted molar refractivity (Wildman–Crippen MR) is 84.8 cm³/mol. The fourth-order valence-corrected chi connectivity index (χ4v) is 1.91. The van der Waals surface area contributed by atoms with Gasteiger partial charge in [0.1, 0.15) is 11.6 Å². The van der Waals surface area contributed by atoms with Crippen LogP contribution in [0.15, 0.2) is 42.5 Å². The summed E-state index contributed by atoms with van der Waals surface area (Å²) in [5.74, 6) is -1.88. The molecule has 0 unspecified atom stereocenters. The lowest BCUT2D eigenvalue weighted by molar-refractivity contribution is -0.384. The molecule has 0 atom stereocenters. The van der Waals surface area contributed by atoms with Gasteiger partial charge < -0.3 is 10.4 Å². The molecule has 0 spiro atoms. The standard InChI is InChI=1S/C14H10FN3O4S/c15-10-4-2-1-3-9(10)13(20)17-14(23)16-11-6-5-8(18(21)22)7-12(11)19/h1-7,19H,(H2,16,17,20,23). The van der Waals surface area contributed by atoms with Crippen molar-refractivity contribution in [3.63, 3.8) is 0 Å². The first-order valence-electron chi connectivity index (χ1n) is 6.22. The van der Waals surface area contributed by atoms with Crippen molar-refractivity contribution in [3.05, 3.63) is 64.0 Å². The highest BCUT2D eigenvalue weighted by Crippen LogP contribution is 2.27. The molecule has 0 aliphatic heterocycles. The number of nitro groups is 1. The van der Waals surface area contributed by atoms with Crippen LogP contribution in [-0.4, -0.2) is 21.0 Å². The Morgan fingerprint density at radius 1 is 1.26 bits per heavy atom. The Balaban J connectivity index is 2.07. The molecule has 2 aromatic carbocycles. The monoisotopic (exact) mass is 335 g/mol. The second-order valence-electron chi connectivity index (χ2n) is 4.35. The molecule has 0 aromatic heterocycles. The molecular formula is C14H10FN3O4S. The zero-order valence-corrected chi connectivity index (χ0v) is 12.3. The smallest absolute Gasteiger partial charge is 0.273 e. The van der Waals surface area contributed by atoms with Gasteiger partial charge in [0.15, 0.2) is 5.11 Å². The van der Waals surface area contributed by atoms with Crippen molar-refractivity contribution in [2.75, 3.05) is 5.32 Å². The zero-order valence-electron chi connectivity index (χ0n) is 11.4. The van der Waals surface area contributed by atoms with Gasteiger partial charge in [0.2, 0.25) is 0 Å². The molecule has 2 aromatic rings. The molecule has 0 aliphatic rings. The van der Waals surface area contributed by atoms with E-state index in [1.165, 1.54) is 24.3 Å². The van der Waals surface area contributed by atoms with Crippen LogP contribution in [0.3, 0.4) is 0 Å². The Hall–Kier alpha value is -3.07. The van der Waals surface area contributed by atoms with Crippen molar-refractivity contribution in [2.24, 2.45) is 0 Å². The van der Waals surface area contributed by atoms with E-state index in [1.807, 2.05) is 0 Å². The Labute approximate surface area is 134 Å². The van der Waals surface area contributed by atoms with E-state index in [1.54, 1.807) is 0 Å². The quantitative estimate of drug-likeness (QED) is 0.345. The van der Waals surface area contributed by atoms with Gasteiger partial charge in [-0.3, -0.25) is 20.2 Å². The Morgan fingerprint density at radius 3 is 2.57 bits per heavy atom. The van der Waals surface area contributed by atoms with E-state index in [-0.39, 0.29) is 22.1 Å². The predicted octanol–water partition coefficient (Wildman–Crippen LogP) is 2.57. The highest BCUT2D eigenvalue weighted by molar-refractivity contribution is 7.80. The van der Waals surface area contributed by atoms with E-state index < -0.39 is 22.4 Å². The third-order valence-electron chi connectivity index (χ3n) is 2.79. The van der Waals surface area contributed by atoms with Crippen LogP contribution >= 0.6 is 12.2 Å². The van der Waals surface area contributed by atoms with Gasteiger partial charge in [-0.1, -0.05) is 12.1 Å². The second kappa shape index (κ2) is 6.79. The molecule has 118 valence electrons. The van der Waals surface area contributed by atoms with E-state index in [0.29, 0.717) is 0 Å². The molecule has 0 saturated carbocycles. The molecule has 0 fully saturated rings. The van der Waals surface area contributed by atoms with Gasteiger partial charge in [0.05, 0.1) is 22.2 Å². The van der Waals surface area contributed by atoms with Crippen LogP contribution < -0.4 is 10.6 Å². The summed E-state index contributed by atoms with van der Waals surface area (Å²) < 4.78 is 13.5. The SMILES string of the molecule is O=C(NC(=S)Nc1ccc([N+](=O)[O-])cc1O)c1ccccc1F. The van der Waals surface area contributed by atoms with Gasteiger partial charge in [-0.05, 0) is 30.4 Å². The van der Waals surface area contributed by atoms with E-state index in [4.69, 9.17) is 12.2 Å². The fourth-order valence-electron chi connectivity index (χ4n) is 1.71. The molecule has 0 aliphatic carbocycles. The average molecular weight is 335 g/mol. The summed E-state index contributed by atoms with van der Waals surface area (Å²) in [6.45, 7) is 0. The topological polar surface area (TPSA) is 104 Å². The van der Waals surface area contributed by atoms with E-state index in [9.17, 15) is 24.4 Å². The van der Waals surface area contributed by atoms with Crippen LogP contribution in [0.5, 0.6) is 5.75 Å². The molecule has 23 heavy (non-hydrogen) atoms. The molecule has 0 saturated heterocycles. The maximum Gasteiger partial charge on any atom is 0.273 e. The molecule has 0 radical (unpaired) electrons. The van der Waals surface area contributed by atoms with Crippen LogP contribution in [0.4, 0.5) is 15.8 Å². The van der Waals surface area contributed by atoms with Gasteiger partial charge in [-0.25, -0.2) is 4.39 Å². The van der Waals surface area contributed by atoms with Crippen molar-refractivity contribution in [1.82, 2.24) is 5.32 Å². The third-order valence-corrected chi connectivity index (χ3v) is 2.99. The summed E-state index contributed by atoms with van der Waals surface area (Å²) in [4.78, 5) is 21.8. The number of anilines is 1. The number of hydrogen-bond donors (Lipinski definition) is 3. The summed E-state index contributed by atoms with van der Waals surface area (Å²) in [5, 5.41) is 24.8. The van der Waals surface area contributed by atoms with Gasteiger partial charge in [-0.15, -0.1) is 0 Å². The number of aromatic hydroxyl groups is 1. The maximum atomic E-state index is 13.5. The van der Waals surface area contributed by atoms with Crippen LogP contribution in [-0.2, 0) is 0 Å². The molecule has 7 nitrogen and oxygen atoms in total. The number of hydrogen-bond acceptors (Lipinski definition) is 5. The molecule has 2 rings (SSSR count). The molecular weight excluding hydrogens is 325 g/mol. The number of amides is 1. The number of benzene rings is 2. The molecule has 1 amide bonds. The Kier molecular flexibility index (Phi) is 4.82. The van der Waals surface area contributed by atoms with Crippen molar-refractivity contribution in [1.29, 1.82) is 0 Å². The lowest BCUT2D eigenvalue weighted by Gasteiger charge is -2.11. The number of phenols is 1. The number of thiocarbonyl (C=S) groups is 1. The maximum absolute atomic E-state index is 13.5. The first kappa shape index (κ1) is 16.3. The molecule has 3 N–H and O–H groups in total. The van der Waals surface area contributed by atoms with Gasteiger partial charge in [0, 0.05) is 6.07 Å². The minimum atomic E-state index is -0.762. The van der Waals surface area contributed by atoms with Crippen molar-refractivity contribution in [2.45, 2.75) is 0 Å². The fraction of sp³-hybridized carbons (Fsp3) is 0. The first-order chi connectivity index (χ1) is 10.9. The Bertz CT molecular complexity index is 797. The summed E-state index contributed by atoms with van der Waals surface area (Å²) in [7, 11) is 0. The largest absolute Gasteiger partial charge is 0.506 e. The number of nitrogens with one attached hydrogen (secondary N) is 2. The number of rotatable bonds is 3. The van der Waals surface area contributed by atoms with E-state index >= 15 is 0 Å². The summed E-state index contributed by atoms with van der Waals surface area (Å²) in [5.41, 5.74) is -0.423. The Morgan fingerprint density at radius 2 is 1.96 bits per heavy atom. The van der Waals surface area contributed by atoms with Gasteiger partial charge >= 0.3 is 0 Å². The lowest BCUT2D eigenvalue weighted by atomic mass is 10.2. The van der Waals surface area contributed by atoms with Gasteiger partial charge in [0.25, 0.3) is 11.6 Å². The number of phenolic OH excluding ortho intramolecular Hbond substituents is 1. The number of carbonyl (C=O) groups excluding carboxylic acids is 1. The van der Waals surface area contributed by atoms with E-state index in [2.05, 4.69) is 10.6 Å². The minimum Gasteiger partial charge on any atom is -0.506 e. The van der Waals surface area contributed by atoms with Gasteiger partial charge in [-0.2, -0.15) is 0 Å². The highest BCUT2D eigenvalue weighted by Gasteiger charge is 2.14. The van der Waals surface area contributed by atoms with Crippen molar-refractivity contribution >= 4 is 34.6 Å². The summed E-state index contributed by atoms with van der Waals surface area (Å²) >= 11 is 4.89. The lowest BCUT2D eigenvalue weighted by Crippen LogP contribution is -2.34. The second-order valence-corrected chi connectivity index (χ2v) is 4.75. The van der Waals surface area contributed by atoms with Crippen molar-refractivity contribution in [3.8, 4) is 5.75 Å². The number of halogens is 1. The minimum absolute atomic E-state index is 0.0643. The normalized spacial score (nSPS) is 9.96. The van der Waals surface area contributed by atoms with Crippen LogP contribution in [0.2, 0.25) is 0 Å². The number of nitrogens with zero attached hydrogens (tertiary/aromatic N) is 1.